The van der Waals surface area contributed by atoms with E-state index < -0.39 is 12.6 Å². The first-order valence-corrected chi connectivity index (χ1v) is 4.90. The molecule has 4 nitrogen and oxygen atoms in total. The van der Waals surface area contributed by atoms with Gasteiger partial charge in [0.05, 0.1) is 5.92 Å². The predicted octanol–water partition coefficient (Wildman–Crippen LogP) is 1.89. The lowest BCUT2D eigenvalue weighted by Gasteiger charge is -2.14. The standard InChI is InChI=1S/C9H14F3N3O/c1-5(6(2)13-3)8-14-7(15-16-8)4-9(10,11)12/h5-6,13H,4H2,1-3H3. The third-order valence-electron chi connectivity index (χ3n) is 2.44. The zero-order chi connectivity index (χ0) is 12.3. The van der Waals surface area contributed by atoms with Crippen LogP contribution in [-0.4, -0.2) is 29.4 Å². The first-order chi connectivity index (χ1) is 7.33. The molecule has 1 aromatic heterocycles. The van der Waals surface area contributed by atoms with Crippen LogP contribution in [0.25, 0.3) is 0 Å². The third kappa shape index (κ3) is 3.48. The molecule has 0 aliphatic heterocycles. The van der Waals surface area contributed by atoms with Crippen LogP contribution in [0.15, 0.2) is 4.52 Å². The molecule has 0 amide bonds. The number of aromatic nitrogens is 2. The van der Waals surface area contributed by atoms with Gasteiger partial charge >= 0.3 is 6.18 Å². The fourth-order valence-corrected chi connectivity index (χ4v) is 1.17. The monoisotopic (exact) mass is 237 g/mol. The lowest BCUT2D eigenvalue weighted by Crippen LogP contribution is -2.27. The van der Waals surface area contributed by atoms with Crippen molar-refractivity contribution in [3.05, 3.63) is 11.7 Å². The molecule has 1 rings (SSSR count). The van der Waals surface area contributed by atoms with Gasteiger partial charge in [0.2, 0.25) is 5.89 Å². The van der Waals surface area contributed by atoms with E-state index in [0.717, 1.165) is 0 Å². The summed E-state index contributed by atoms with van der Waals surface area (Å²) in [6.07, 6.45) is -5.46. The van der Waals surface area contributed by atoms with Crippen LogP contribution in [0.3, 0.4) is 0 Å². The molecule has 1 N–H and O–H groups in total. The highest BCUT2D eigenvalue weighted by molar-refractivity contribution is 4.97. The highest BCUT2D eigenvalue weighted by atomic mass is 19.4. The Balaban J connectivity index is 2.71. The minimum Gasteiger partial charge on any atom is -0.339 e. The Morgan fingerprint density at radius 1 is 1.38 bits per heavy atom. The average Bonchev–Trinajstić information content (AvgIpc) is 2.61. The normalized spacial score (nSPS) is 16.1. The van der Waals surface area contributed by atoms with E-state index in [9.17, 15) is 13.2 Å². The number of rotatable bonds is 4. The molecule has 1 heterocycles. The number of alkyl halides is 3. The molecule has 0 radical (unpaired) electrons. The van der Waals surface area contributed by atoms with Crippen molar-refractivity contribution in [1.82, 2.24) is 15.5 Å². The van der Waals surface area contributed by atoms with E-state index in [0.29, 0.717) is 0 Å². The van der Waals surface area contributed by atoms with Crippen LogP contribution in [0.1, 0.15) is 31.5 Å². The molecule has 0 bridgehead atoms. The minimum absolute atomic E-state index is 0.0548. The Bertz CT molecular complexity index is 337. The van der Waals surface area contributed by atoms with Crippen LogP contribution in [0.5, 0.6) is 0 Å². The summed E-state index contributed by atoms with van der Waals surface area (Å²) >= 11 is 0. The molecule has 0 fully saturated rings. The number of hydrogen-bond donors (Lipinski definition) is 1. The lowest BCUT2D eigenvalue weighted by atomic mass is 10.0. The Morgan fingerprint density at radius 2 is 2.00 bits per heavy atom. The highest BCUT2D eigenvalue weighted by Crippen LogP contribution is 2.22. The van der Waals surface area contributed by atoms with E-state index in [1.54, 1.807) is 7.05 Å². The highest BCUT2D eigenvalue weighted by Gasteiger charge is 2.31. The smallest absolute Gasteiger partial charge is 0.339 e. The summed E-state index contributed by atoms with van der Waals surface area (Å²) in [4.78, 5) is 3.73. The molecule has 92 valence electrons. The van der Waals surface area contributed by atoms with Crippen molar-refractivity contribution in [2.24, 2.45) is 0 Å². The number of likely N-dealkylation sites (N-methyl/N-ethyl adjacent to an activating group) is 1. The topological polar surface area (TPSA) is 51.0 Å². The Kier molecular flexibility index (Phi) is 3.90. The largest absolute Gasteiger partial charge is 0.396 e. The summed E-state index contributed by atoms with van der Waals surface area (Å²) in [6.45, 7) is 3.70. The molecule has 0 spiro atoms. The maximum atomic E-state index is 12.0. The summed E-state index contributed by atoms with van der Waals surface area (Å²) in [5.74, 6) is -0.224. The number of hydrogen-bond acceptors (Lipinski definition) is 4. The van der Waals surface area contributed by atoms with Gasteiger partial charge < -0.3 is 9.84 Å². The molecule has 2 unspecified atom stereocenters. The van der Waals surface area contributed by atoms with Gasteiger partial charge in [-0.2, -0.15) is 18.2 Å². The maximum Gasteiger partial charge on any atom is 0.396 e. The average molecular weight is 237 g/mol. The number of nitrogens with one attached hydrogen (secondary N) is 1. The Hall–Kier alpha value is -1.11. The first-order valence-electron chi connectivity index (χ1n) is 4.90. The van der Waals surface area contributed by atoms with Crippen LogP contribution < -0.4 is 5.32 Å². The summed E-state index contributed by atoms with van der Waals surface area (Å²) in [5.41, 5.74) is 0. The number of halogens is 3. The minimum atomic E-state index is -4.31. The van der Waals surface area contributed by atoms with Gasteiger partial charge in [-0.05, 0) is 14.0 Å². The lowest BCUT2D eigenvalue weighted by molar-refractivity contribution is -0.128. The molecular weight excluding hydrogens is 223 g/mol. The molecule has 2 atom stereocenters. The van der Waals surface area contributed by atoms with E-state index in [1.165, 1.54) is 0 Å². The van der Waals surface area contributed by atoms with Crippen LogP contribution in [0.2, 0.25) is 0 Å². The number of nitrogens with zero attached hydrogens (tertiary/aromatic N) is 2. The van der Waals surface area contributed by atoms with Gasteiger partial charge in [0.15, 0.2) is 5.82 Å². The Morgan fingerprint density at radius 3 is 2.50 bits per heavy atom. The van der Waals surface area contributed by atoms with Gasteiger partial charge in [-0.3, -0.25) is 0 Å². The quantitative estimate of drug-likeness (QED) is 0.868. The Labute approximate surface area is 91.2 Å². The van der Waals surface area contributed by atoms with Gasteiger partial charge in [-0.25, -0.2) is 0 Å². The zero-order valence-electron chi connectivity index (χ0n) is 9.30. The van der Waals surface area contributed by atoms with Crippen molar-refractivity contribution in [3.63, 3.8) is 0 Å². The van der Waals surface area contributed by atoms with Gasteiger partial charge in [0, 0.05) is 6.04 Å². The van der Waals surface area contributed by atoms with Crippen molar-refractivity contribution < 1.29 is 17.7 Å². The van der Waals surface area contributed by atoms with Crippen molar-refractivity contribution in [2.45, 2.75) is 38.4 Å². The summed E-state index contributed by atoms with van der Waals surface area (Å²) in [6, 6.07) is 0.0548. The van der Waals surface area contributed by atoms with Crippen molar-refractivity contribution in [1.29, 1.82) is 0 Å². The molecular formula is C9H14F3N3O. The molecule has 0 aliphatic rings. The van der Waals surface area contributed by atoms with E-state index >= 15 is 0 Å². The van der Waals surface area contributed by atoms with E-state index in [2.05, 4.69) is 15.5 Å². The van der Waals surface area contributed by atoms with Gasteiger partial charge in [-0.1, -0.05) is 12.1 Å². The van der Waals surface area contributed by atoms with E-state index in [1.807, 2.05) is 13.8 Å². The molecule has 0 saturated heterocycles. The fraction of sp³-hybridized carbons (Fsp3) is 0.778. The molecule has 0 aliphatic carbocycles. The first kappa shape index (κ1) is 13.0. The van der Waals surface area contributed by atoms with Crippen LogP contribution in [-0.2, 0) is 6.42 Å². The van der Waals surface area contributed by atoms with Crippen molar-refractivity contribution >= 4 is 0 Å². The second-order valence-electron chi connectivity index (χ2n) is 3.71. The summed E-state index contributed by atoms with van der Waals surface area (Å²) in [7, 11) is 1.76. The van der Waals surface area contributed by atoms with Crippen LogP contribution in [0, 0.1) is 0 Å². The van der Waals surface area contributed by atoms with Crippen LogP contribution in [0.4, 0.5) is 13.2 Å². The molecule has 0 saturated carbocycles. The van der Waals surface area contributed by atoms with Crippen molar-refractivity contribution in [3.8, 4) is 0 Å². The van der Waals surface area contributed by atoms with Gasteiger partial charge in [-0.15, -0.1) is 0 Å². The SMILES string of the molecule is CNC(C)C(C)c1nc(CC(F)(F)F)no1. The maximum absolute atomic E-state index is 12.0. The molecule has 1 aromatic rings. The molecule has 7 heteroatoms. The second-order valence-corrected chi connectivity index (χ2v) is 3.71. The van der Waals surface area contributed by atoms with Gasteiger partial charge in [0.1, 0.15) is 6.42 Å². The molecule has 16 heavy (non-hydrogen) atoms. The third-order valence-corrected chi connectivity index (χ3v) is 2.44. The summed E-state index contributed by atoms with van der Waals surface area (Å²) < 4.78 is 40.9. The molecule has 0 aromatic carbocycles. The second kappa shape index (κ2) is 4.82. The fourth-order valence-electron chi connectivity index (χ4n) is 1.17. The zero-order valence-corrected chi connectivity index (χ0v) is 9.30. The predicted molar refractivity (Wildman–Crippen MR) is 51.0 cm³/mol. The van der Waals surface area contributed by atoms with E-state index in [-0.39, 0.29) is 23.7 Å². The van der Waals surface area contributed by atoms with Gasteiger partial charge in [0.25, 0.3) is 0 Å². The summed E-state index contributed by atoms with van der Waals surface area (Å²) in [5, 5.41) is 6.28. The van der Waals surface area contributed by atoms with E-state index in [4.69, 9.17) is 4.52 Å². The van der Waals surface area contributed by atoms with Crippen LogP contribution >= 0.6 is 0 Å². The van der Waals surface area contributed by atoms with Crippen molar-refractivity contribution in [2.75, 3.05) is 7.05 Å².